The van der Waals surface area contributed by atoms with E-state index in [4.69, 9.17) is 9.47 Å². The van der Waals surface area contributed by atoms with Crippen LogP contribution in [0.15, 0.2) is 29.6 Å². The Hall–Kier alpha value is -2.41. The third kappa shape index (κ3) is 4.17. The summed E-state index contributed by atoms with van der Waals surface area (Å²) >= 11 is 1.29. The SMILES string of the molecule is CCOC(=O)c1c(C2CC2)csc1NC(=O)COc1ccccc1F. The van der Waals surface area contributed by atoms with E-state index in [-0.39, 0.29) is 19.0 Å². The third-order valence-electron chi connectivity index (χ3n) is 3.76. The van der Waals surface area contributed by atoms with Crippen molar-refractivity contribution in [3.05, 3.63) is 46.6 Å². The van der Waals surface area contributed by atoms with Crippen LogP contribution in [0.2, 0.25) is 0 Å². The number of halogens is 1. The number of hydrogen-bond donors (Lipinski definition) is 1. The molecule has 1 saturated carbocycles. The van der Waals surface area contributed by atoms with Crippen LogP contribution in [0.3, 0.4) is 0 Å². The van der Waals surface area contributed by atoms with Gasteiger partial charge in [0.05, 0.1) is 12.2 Å². The second kappa shape index (κ2) is 7.65. The lowest BCUT2D eigenvalue weighted by Crippen LogP contribution is -2.21. The van der Waals surface area contributed by atoms with Gasteiger partial charge < -0.3 is 14.8 Å². The van der Waals surface area contributed by atoms with Crippen LogP contribution in [-0.4, -0.2) is 25.1 Å². The van der Waals surface area contributed by atoms with Gasteiger partial charge in [0, 0.05) is 0 Å². The van der Waals surface area contributed by atoms with Crippen LogP contribution < -0.4 is 10.1 Å². The van der Waals surface area contributed by atoms with Crippen LogP contribution in [0.1, 0.15) is 41.6 Å². The summed E-state index contributed by atoms with van der Waals surface area (Å²) in [5.41, 5.74) is 1.35. The standard InChI is InChI=1S/C18H18FNO4S/c1-2-23-18(22)16-12(11-7-8-11)10-25-17(16)20-15(21)9-24-14-6-4-3-5-13(14)19/h3-6,10-11H,2,7-9H2,1H3,(H,20,21). The predicted octanol–water partition coefficient (Wildman–Crippen LogP) is 3.96. The Morgan fingerprint density at radius 2 is 2.08 bits per heavy atom. The van der Waals surface area contributed by atoms with Crippen LogP contribution >= 0.6 is 11.3 Å². The van der Waals surface area contributed by atoms with Gasteiger partial charge in [0.25, 0.3) is 5.91 Å². The zero-order valence-corrected chi connectivity index (χ0v) is 14.5. The molecule has 1 aliphatic carbocycles. The molecule has 1 aliphatic rings. The molecule has 0 radical (unpaired) electrons. The number of carbonyl (C=O) groups is 2. The Kier molecular flexibility index (Phi) is 5.33. The van der Waals surface area contributed by atoms with Crippen LogP contribution in [-0.2, 0) is 9.53 Å². The number of esters is 1. The van der Waals surface area contributed by atoms with Crippen molar-refractivity contribution in [2.45, 2.75) is 25.7 Å². The van der Waals surface area contributed by atoms with E-state index in [2.05, 4.69) is 5.32 Å². The van der Waals surface area contributed by atoms with E-state index in [0.29, 0.717) is 16.5 Å². The molecule has 1 aromatic carbocycles. The summed E-state index contributed by atoms with van der Waals surface area (Å²) in [4.78, 5) is 24.4. The van der Waals surface area contributed by atoms with E-state index in [1.54, 1.807) is 19.1 Å². The predicted molar refractivity (Wildman–Crippen MR) is 92.8 cm³/mol. The minimum absolute atomic E-state index is 0.00751. The normalized spacial score (nSPS) is 13.4. The largest absolute Gasteiger partial charge is 0.481 e. The monoisotopic (exact) mass is 363 g/mol. The van der Waals surface area contributed by atoms with E-state index in [0.717, 1.165) is 18.4 Å². The van der Waals surface area contributed by atoms with Gasteiger partial charge in [-0.1, -0.05) is 12.1 Å². The van der Waals surface area contributed by atoms with Gasteiger partial charge in [-0.3, -0.25) is 4.79 Å². The zero-order valence-electron chi connectivity index (χ0n) is 13.7. The molecule has 132 valence electrons. The lowest BCUT2D eigenvalue weighted by atomic mass is 10.1. The Morgan fingerprint density at radius 1 is 1.32 bits per heavy atom. The van der Waals surface area contributed by atoms with Gasteiger partial charge >= 0.3 is 5.97 Å². The highest BCUT2D eigenvalue weighted by Crippen LogP contribution is 2.46. The Bertz CT molecular complexity index is 785. The molecule has 5 nitrogen and oxygen atoms in total. The average molecular weight is 363 g/mol. The van der Waals surface area contributed by atoms with E-state index < -0.39 is 17.7 Å². The molecule has 25 heavy (non-hydrogen) atoms. The van der Waals surface area contributed by atoms with Gasteiger partial charge in [0.2, 0.25) is 0 Å². The maximum atomic E-state index is 13.5. The number of rotatable bonds is 7. The molecule has 3 rings (SSSR count). The molecule has 1 heterocycles. The minimum Gasteiger partial charge on any atom is -0.481 e. The maximum absolute atomic E-state index is 13.5. The molecule has 1 amide bonds. The molecule has 1 fully saturated rings. The first kappa shape index (κ1) is 17.4. The summed E-state index contributed by atoms with van der Waals surface area (Å²) in [6.45, 7) is 1.66. The molecular formula is C18H18FNO4S. The van der Waals surface area contributed by atoms with Crippen LogP contribution in [0.5, 0.6) is 5.75 Å². The summed E-state index contributed by atoms with van der Waals surface area (Å²) in [6.07, 6.45) is 2.07. The number of thiophene rings is 1. The number of anilines is 1. The van der Waals surface area contributed by atoms with Gasteiger partial charge in [-0.25, -0.2) is 9.18 Å². The molecule has 0 saturated heterocycles. The van der Waals surface area contributed by atoms with Gasteiger partial charge in [0.15, 0.2) is 18.2 Å². The summed E-state index contributed by atoms with van der Waals surface area (Å²) in [5.74, 6) is -1.06. The zero-order chi connectivity index (χ0) is 17.8. The quantitative estimate of drug-likeness (QED) is 0.757. The molecule has 0 aliphatic heterocycles. The fourth-order valence-electron chi connectivity index (χ4n) is 2.44. The van der Waals surface area contributed by atoms with Crippen LogP contribution in [0, 0.1) is 5.82 Å². The number of nitrogens with one attached hydrogen (secondary N) is 1. The van der Waals surface area contributed by atoms with Crippen LogP contribution in [0.25, 0.3) is 0 Å². The second-order valence-electron chi connectivity index (χ2n) is 5.66. The fourth-order valence-corrected chi connectivity index (χ4v) is 3.49. The van der Waals surface area contributed by atoms with Crippen molar-refractivity contribution in [3.8, 4) is 5.75 Å². The number of amides is 1. The van der Waals surface area contributed by atoms with Gasteiger partial charge in [-0.2, -0.15) is 0 Å². The minimum atomic E-state index is -0.533. The van der Waals surface area contributed by atoms with Crippen molar-refractivity contribution in [1.29, 1.82) is 0 Å². The maximum Gasteiger partial charge on any atom is 0.341 e. The van der Waals surface area contributed by atoms with Crippen molar-refractivity contribution in [1.82, 2.24) is 0 Å². The molecule has 0 bridgehead atoms. The summed E-state index contributed by atoms with van der Waals surface area (Å²) in [6, 6.07) is 5.87. The van der Waals surface area contributed by atoms with Crippen molar-refractivity contribution < 1.29 is 23.5 Å². The first-order chi connectivity index (χ1) is 12.1. The topological polar surface area (TPSA) is 64.6 Å². The lowest BCUT2D eigenvalue weighted by Gasteiger charge is -2.09. The summed E-state index contributed by atoms with van der Waals surface area (Å²) in [7, 11) is 0. The number of carbonyl (C=O) groups excluding carboxylic acids is 2. The average Bonchev–Trinajstić information content (AvgIpc) is 3.35. The Balaban J connectivity index is 1.68. The number of benzene rings is 1. The Labute approximate surface area is 148 Å². The fraction of sp³-hybridized carbons (Fsp3) is 0.333. The van der Waals surface area contributed by atoms with Crippen molar-refractivity contribution in [2.24, 2.45) is 0 Å². The first-order valence-electron chi connectivity index (χ1n) is 8.05. The van der Waals surface area contributed by atoms with E-state index in [1.807, 2.05) is 5.38 Å². The lowest BCUT2D eigenvalue weighted by molar-refractivity contribution is -0.118. The Morgan fingerprint density at radius 3 is 2.76 bits per heavy atom. The van der Waals surface area contributed by atoms with Gasteiger partial charge in [-0.05, 0) is 48.8 Å². The number of para-hydroxylation sites is 1. The van der Waals surface area contributed by atoms with Crippen LogP contribution in [0.4, 0.5) is 9.39 Å². The highest BCUT2D eigenvalue weighted by Gasteiger charge is 2.32. The van der Waals surface area contributed by atoms with Crippen molar-refractivity contribution in [2.75, 3.05) is 18.5 Å². The number of ether oxygens (including phenoxy) is 2. The second-order valence-corrected chi connectivity index (χ2v) is 6.54. The van der Waals surface area contributed by atoms with E-state index in [9.17, 15) is 14.0 Å². The highest BCUT2D eigenvalue weighted by atomic mass is 32.1. The summed E-state index contributed by atoms with van der Waals surface area (Å²) in [5, 5.41) is 5.01. The molecule has 7 heteroatoms. The van der Waals surface area contributed by atoms with Gasteiger partial charge in [-0.15, -0.1) is 11.3 Å². The van der Waals surface area contributed by atoms with Crippen molar-refractivity contribution >= 4 is 28.2 Å². The van der Waals surface area contributed by atoms with Crippen molar-refractivity contribution in [3.63, 3.8) is 0 Å². The first-order valence-corrected chi connectivity index (χ1v) is 8.93. The van der Waals surface area contributed by atoms with E-state index in [1.165, 1.54) is 23.5 Å². The molecule has 1 aromatic heterocycles. The smallest absolute Gasteiger partial charge is 0.341 e. The number of hydrogen-bond acceptors (Lipinski definition) is 5. The molecule has 0 unspecified atom stereocenters. The summed E-state index contributed by atoms with van der Waals surface area (Å²) < 4.78 is 23.8. The van der Waals surface area contributed by atoms with Gasteiger partial charge in [0.1, 0.15) is 5.00 Å². The highest BCUT2D eigenvalue weighted by molar-refractivity contribution is 7.15. The van der Waals surface area contributed by atoms with E-state index >= 15 is 0 Å². The third-order valence-corrected chi connectivity index (χ3v) is 4.68. The molecular weight excluding hydrogens is 345 g/mol. The molecule has 1 N–H and O–H groups in total. The molecule has 2 aromatic rings. The molecule has 0 spiro atoms. The molecule has 0 atom stereocenters.